The molecule has 0 aliphatic carbocycles. The number of phenols is 1. The molecule has 2 heterocycles. The molecule has 4 rings (SSSR count). The van der Waals surface area contributed by atoms with Crippen LogP contribution in [0, 0.1) is 0 Å². The summed E-state index contributed by atoms with van der Waals surface area (Å²) in [6, 6.07) is 18.4. The number of aromatic hydroxyl groups is 1. The van der Waals surface area contributed by atoms with Gasteiger partial charge in [0.15, 0.2) is 0 Å². The molecule has 1 aromatic heterocycles. The molecule has 0 spiro atoms. The van der Waals surface area contributed by atoms with Gasteiger partial charge in [0.1, 0.15) is 23.9 Å². The number of aliphatic hydroxyl groups excluding tert-OH is 1. The van der Waals surface area contributed by atoms with Crippen LogP contribution in [-0.2, 0) is 17.3 Å². The van der Waals surface area contributed by atoms with Gasteiger partial charge in [0.25, 0.3) is 5.91 Å². The Morgan fingerprint density at radius 3 is 2.62 bits per heavy atom. The number of aromatic nitrogens is 1. The zero-order valence-corrected chi connectivity index (χ0v) is 22.9. The van der Waals surface area contributed by atoms with E-state index >= 15 is 0 Å². The molecule has 2 aromatic carbocycles. The molecule has 0 radical (unpaired) electrons. The number of anilines is 1. The van der Waals surface area contributed by atoms with Crippen LogP contribution in [0.4, 0.5) is 5.82 Å². The van der Waals surface area contributed by atoms with E-state index in [0.717, 1.165) is 37.3 Å². The standard InChI is InChI=1S/C29H36N4O5S/c1-39(37)27-17-25(8-9-26(27)35)38-20-24(34)11-14-30-23-12-15-33(16-13-23)28-10-7-22(19-31-28)29(36)32-18-21-5-3-2-4-6-21/h2-10,17,19,23-24,30,34-35H,11-16,18,20H2,1H3,(H,32,36). The fourth-order valence-electron chi connectivity index (χ4n) is 4.44. The lowest BCUT2D eigenvalue weighted by molar-refractivity contribution is 0.0950. The molecule has 3 aromatic rings. The minimum absolute atomic E-state index is 0.0336. The number of phenolic OH excluding ortho intramolecular Hbond substituents is 1. The number of hydrogen-bond donors (Lipinski definition) is 4. The van der Waals surface area contributed by atoms with E-state index in [4.69, 9.17) is 4.74 Å². The fraction of sp³-hybridized carbons (Fsp3) is 0.379. The van der Waals surface area contributed by atoms with E-state index in [9.17, 15) is 19.2 Å². The summed E-state index contributed by atoms with van der Waals surface area (Å²) in [5.74, 6) is 1.16. The number of benzene rings is 2. The Labute approximate surface area is 231 Å². The number of piperidine rings is 1. The average molecular weight is 553 g/mol. The molecule has 9 nitrogen and oxygen atoms in total. The molecule has 208 valence electrons. The van der Waals surface area contributed by atoms with Crippen molar-refractivity contribution < 1.29 is 24.0 Å². The van der Waals surface area contributed by atoms with Crippen molar-refractivity contribution in [3.63, 3.8) is 0 Å². The zero-order valence-electron chi connectivity index (χ0n) is 22.1. The number of amides is 1. The first-order valence-electron chi connectivity index (χ1n) is 13.1. The van der Waals surface area contributed by atoms with Crippen molar-refractivity contribution in [3.8, 4) is 11.5 Å². The van der Waals surface area contributed by atoms with Crippen molar-refractivity contribution in [3.05, 3.63) is 78.0 Å². The highest BCUT2D eigenvalue weighted by atomic mass is 32.2. The number of carbonyl (C=O) groups excluding carboxylic acids is 1. The third kappa shape index (κ3) is 8.51. The van der Waals surface area contributed by atoms with E-state index in [-0.39, 0.29) is 18.3 Å². The lowest BCUT2D eigenvalue weighted by Crippen LogP contribution is -2.43. The second-order valence-electron chi connectivity index (χ2n) is 9.63. The molecule has 1 saturated heterocycles. The maximum Gasteiger partial charge on any atom is 0.253 e. The smallest absolute Gasteiger partial charge is 0.253 e. The molecule has 1 amide bonds. The van der Waals surface area contributed by atoms with Gasteiger partial charge in [-0.1, -0.05) is 30.3 Å². The van der Waals surface area contributed by atoms with Crippen molar-refractivity contribution in [2.24, 2.45) is 0 Å². The van der Waals surface area contributed by atoms with Crippen molar-refractivity contribution in [2.45, 2.75) is 42.8 Å². The summed E-state index contributed by atoms with van der Waals surface area (Å²) >= 11 is 0. The molecule has 39 heavy (non-hydrogen) atoms. The summed E-state index contributed by atoms with van der Waals surface area (Å²) < 4.78 is 17.3. The van der Waals surface area contributed by atoms with Gasteiger partial charge in [-0.15, -0.1) is 0 Å². The molecular weight excluding hydrogens is 516 g/mol. The van der Waals surface area contributed by atoms with Gasteiger partial charge in [-0.2, -0.15) is 0 Å². The molecule has 0 bridgehead atoms. The van der Waals surface area contributed by atoms with Crippen molar-refractivity contribution in [2.75, 3.05) is 37.4 Å². The third-order valence-electron chi connectivity index (χ3n) is 6.72. The Bertz CT molecular complexity index is 1230. The lowest BCUT2D eigenvalue weighted by atomic mass is 10.0. The fourth-order valence-corrected chi connectivity index (χ4v) is 5.09. The van der Waals surface area contributed by atoms with Crippen molar-refractivity contribution in [1.82, 2.24) is 15.6 Å². The molecule has 1 aliphatic rings. The van der Waals surface area contributed by atoms with E-state index in [0.29, 0.717) is 41.8 Å². The molecule has 2 atom stereocenters. The summed E-state index contributed by atoms with van der Waals surface area (Å²) in [5, 5.41) is 26.5. The van der Waals surface area contributed by atoms with Crippen LogP contribution < -0.4 is 20.3 Å². The highest BCUT2D eigenvalue weighted by Crippen LogP contribution is 2.25. The Morgan fingerprint density at radius 2 is 1.92 bits per heavy atom. The number of rotatable bonds is 12. The molecule has 4 N–H and O–H groups in total. The van der Waals surface area contributed by atoms with Gasteiger partial charge in [0.2, 0.25) is 0 Å². The SMILES string of the molecule is CS(=O)c1cc(OCC(O)CCNC2CCN(c3ccc(C(=O)NCc4ccccc4)cn3)CC2)ccc1O. The summed E-state index contributed by atoms with van der Waals surface area (Å²) in [7, 11) is -1.32. The normalized spacial score (nSPS) is 15.5. The first kappa shape index (κ1) is 28.5. The molecular formula is C29H36N4O5S. The van der Waals surface area contributed by atoms with E-state index in [1.807, 2.05) is 42.5 Å². The van der Waals surface area contributed by atoms with Crippen LogP contribution in [-0.4, -0.2) is 70.0 Å². The maximum absolute atomic E-state index is 12.4. The number of carbonyl (C=O) groups is 1. The highest BCUT2D eigenvalue weighted by Gasteiger charge is 2.20. The predicted octanol–water partition coefficient (Wildman–Crippen LogP) is 2.84. The number of ether oxygens (including phenoxy) is 1. The van der Waals surface area contributed by atoms with Crippen LogP contribution in [0.3, 0.4) is 0 Å². The first-order chi connectivity index (χ1) is 18.9. The van der Waals surface area contributed by atoms with Crippen molar-refractivity contribution >= 4 is 22.5 Å². The van der Waals surface area contributed by atoms with Gasteiger partial charge in [-0.25, -0.2) is 4.98 Å². The monoisotopic (exact) mass is 552 g/mol. The van der Waals surface area contributed by atoms with E-state index in [1.165, 1.54) is 18.4 Å². The molecule has 2 unspecified atom stereocenters. The van der Waals surface area contributed by atoms with Gasteiger partial charge in [-0.3, -0.25) is 9.00 Å². The van der Waals surface area contributed by atoms with Crippen LogP contribution in [0.5, 0.6) is 11.5 Å². The van der Waals surface area contributed by atoms with E-state index in [1.54, 1.807) is 12.3 Å². The third-order valence-corrected chi connectivity index (χ3v) is 7.67. The van der Waals surface area contributed by atoms with Crippen molar-refractivity contribution in [1.29, 1.82) is 0 Å². The van der Waals surface area contributed by atoms with Gasteiger partial charge in [-0.05, 0) is 61.7 Å². The molecule has 10 heteroatoms. The summed E-state index contributed by atoms with van der Waals surface area (Å²) in [6.45, 7) is 2.98. The molecule has 1 aliphatic heterocycles. The topological polar surface area (TPSA) is 124 Å². The average Bonchev–Trinajstić information content (AvgIpc) is 2.96. The van der Waals surface area contributed by atoms with E-state index < -0.39 is 16.9 Å². The summed E-state index contributed by atoms with van der Waals surface area (Å²) in [5.41, 5.74) is 1.59. The molecule has 0 saturated carbocycles. The van der Waals surface area contributed by atoms with Crippen LogP contribution in [0.15, 0.2) is 71.8 Å². The number of hydrogen-bond acceptors (Lipinski definition) is 8. The molecule has 1 fully saturated rings. The van der Waals surface area contributed by atoms with Crippen LogP contribution >= 0.6 is 0 Å². The lowest BCUT2D eigenvalue weighted by Gasteiger charge is -2.33. The second-order valence-corrected chi connectivity index (χ2v) is 11.0. The Hall–Kier alpha value is -3.47. The Balaban J connectivity index is 1.13. The minimum Gasteiger partial charge on any atom is -0.507 e. The number of nitrogens with one attached hydrogen (secondary N) is 2. The van der Waals surface area contributed by atoms with Crippen LogP contribution in [0.1, 0.15) is 35.2 Å². The van der Waals surface area contributed by atoms with Gasteiger partial charge >= 0.3 is 0 Å². The summed E-state index contributed by atoms with van der Waals surface area (Å²) in [4.78, 5) is 19.5. The number of pyridine rings is 1. The van der Waals surface area contributed by atoms with E-state index in [2.05, 4.69) is 20.5 Å². The highest BCUT2D eigenvalue weighted by molar-refractivity contribution is 7.84. The predicted molar refractivity (Wildman–Crippen MR) is 152 cm³/mol. The Kier molecular flexibility index (Phi) is 10.3. The Morgan fingerprint density at radius 1 is 1.15 bits per heavy atom. The maximum atomic E-state index is 12.4. The van der Waals surface area contributed by atoms with Crippen LogP contribution in [0.25, 0.3) is 0 Å². The second kappa shape index (κ2) is 14.1. The minimum atomic E-state index is -1.32. The number of aliphatic hydroxyl groups is 1. The zero-order chi connectivity index (χ0) is 27.6. The largest absolute Gasteiger partial charge is 0.507 e. The van der Waals surface area contributed by atoms with Gasteiger partial charge < -0.3 is 30.5 Å². The quantitative estimate of drug-likeness (QED) is 0.271. The first-order valence-corrected chi connectivity index (χ1v) is 14.7. The van der Waals surface area contributed by atoms with Gasteiger partial charge in [0.05, 0.1) is 27.4 Å². The number of nitrogens with zero attached hydrogens (tertiary/aromatic N) is 2. The van der Waals surface area contributed by atoms with Gasteiger partial charge in [0, 0.05) is 38.1 Å². The van der Waals surface area contributed by atoms with Crippen LogP contribution in [0.2, 0.25) is 0 Å². The summed E-state index contributed by atoms with van der Waals surface area (Å²) in [6.07, 6.45) is 4.93.